The summed E-state index contributed by atoms with van der Waals surface area (Å²) < 4.78 is 13.2. The molecule has 1 N–H and O–H groups in total. The van der Waals surface area contributed by atoms with E-state index in [1.165, 1.54) is 17.0 Å². The maximum Gasteiger partial charge on any atom is 0.317 e. The summed E-state index contributed by atoms with van der Waals surface area (Å²) in [7, 11) is 3.29. The molecule has 1 fully saturated rings. The molecule has 0 aliphatic carbocycles. The molecule has 1 atom stereocenters. The number of rotatable bonds is 5. The molecule has 0 radical (unpaired) electrons. The summed E-state index contributed by atoms with van der Waals surface area (Å²) in [5, 5.41) is 2.65. The van der Waals surface area contributed by atoms with E-state index in [0.717, 1.165) is 25.1 Å². The highest BCUT2D eigenvalue weighted by Gasteiger charge is 2.29. The third-order valence-electron chi connectivity index (χ3n) is 4.97. The Morgan fingerprint density at radius 3 is 2.48 bits per heavy atom. The van der Waals surface area contributed by atoms with E-state index in [1.54, 1.807) is 14.1 Å². The molecule has 0 aromatic heterocycles. The molecule has 1 heterocycles. The highest BCUT2D eigenvalue weighted by molar-refractivity contribution is 5.83. The van der Waals surface area contributed by atoms with Crippen LogP contribution in [0, 0.1) is 11.7 Å². The second-order valence-electron chi connectivity index (χ2n) is 7.65. The van der Waals surface area contributed by atoms with Crippen molar-refractivity contribution in [1.29, 1.82) is 0 Å². The average molecular weight is 378 g/mol. The first-order valence-corrected chi connectivity index (χ1v) is 9.49. The van der Waals surface area contributed by atoms with Gasteiger partial charge in [-0.15, -0.1) is 0 Å². The van der Waals surface area contributed by atoms with Crippen LogP contribution in [-0.4, -0.2) is 73.0 Å². The highest BCUT2D eigenvalue weighted by atomic mass is 19.1. The van der Waals surface area contributed by atoms with Crippen molar-refractivity contribution in [2.75, 3.05) is 40.3 Å². The molecule has 0 saturated carbocycles. The van der Waals surface area contributed by atoms with Crippen LogP contribution >= 0.6 is 0 Å². The number of hydrogen-bond acceptors (Lipinski definition) is 3. The van der Waals surface area contributed by atoms with Crippen LogP contribution in [0.1, 0.15) is 25.8 Å². The van der Waals surface area contributed by atoms with E-state index >= 15 is 0 Å². The predicted molar refractivity (Wildman–Crippen MR) is 104 cm³/mol. The molecular weight excluding hydrogens is 347 g/mol. The lowest BCUT2D eigenvalue weighted by atomic mass is 10.0. The van der Waals surface area contributed by atoms with E-state index in [9.17, 15) is 14.0 Å². The molecule has 1 aromatic rings. The van der Waals surface area contributed by atoms with Gasteiger partial charge in [-0.2, -0.15) is 0 Å². The minimum Gasteiger partial charge on any atom is -0.340 e. The van der Waals surface area contributed by atoms with Crippen molar-refractivity contribution in [2.24, 2.45) is 5.92 Å². The summed E-state index contributed by atoms with van der Waals surface area (Å²) in [4.78, 5) is 29.9. The molecule has 0 bridgehead atoms. The van der Waals surface area contributed by atoms with Crippen LogP contribution in [0.3, 0.4) is 0 Å². The lowest BCUT2D eigenvalue weighted by Crippen LogP contribution is -2.48. The molecule has 0 spiro atoms. The van der Waals surface area contributed by atoms with Crippen LogP contribution in [0.25, 0.3) is 0 Å². The monoisotopic (exact) mass is 378 g/mol. The summed E-state index contributed by atoms with van der Waals surface area (Å²) in [6.07, 6.45) is 0.873. The quantitative estimate of drug-likeness (QED) is 0.854. The fraction of sp³-hybridized carbons (Fsp3) is 0.600. The van der Waals surface area contributed by atoms with Crippen molar-refractivity contribution in [2.45, 2.75) is 32.9 Å². The van der Waals surface area contributed by atoms with Gasteiger partial charge in [-0.1, -0.05) is 26.0 Å². The SMILES string of the molecule is CC(C)C1CN(C(=O)CNC(=O)N(C)C)CCCN1Cc1ccc(F)cc1. The van der Waals surface area contributed by atoms with Gasteiger partial charge in [0.2, 0.25) is 5.91 Å². The minimum atomic E-state index is -0.267. The first-order valence-electron chi connectivity index (χ1n) is 9.49. The van der Waals surface area contributed by atoms with Gasteiger partial charge < -0.3 is 15.1 Å². The Morgan fingerprint density at radius 2 is 1.89 bits per heavy atom. The van der Waals surface area contributed by atoms with Crippen molar-refractivity contribution >= 4 is 11.9 Å². The number of halogens is 1. The third-order valence-corrected chi connectivity index (χ3v) is 4.97. The van der Waals surface area contributed by atoms with Crippen LogP contribution in [-0.2, 0) is 11.3 Å². The maximum absolute atomic E-state index is 13.2. The standard InChI is InChI=1S/C20H31FN4O2/c1-15(2)18-14-25(19(26)12-22-20(27)23(3)4)11-5-10-24(18)13-16-6-8-17(21)9-7-16/h6-9,15,18H,5,10-14H2,1-4H3,(H,22,27). The van der Waals surface area contributed by atoms with E-state index in [1.807, 2.05) is 17.0 Å². The first-order chi connectivity index (χ1) is 12.8. The lowest BCUT2D eigenvalue weighted by Gasteiger charge is -2.34. The lowest BCUT2D eigenvalue weighted by molar-refractivity contribution is -0.130. The van der Waals surface area contributed by atoms with Gasteiger partial charge in [-0.25, -0.2) is 9.18 Å². The fourth-order valence-corrected chi connectivity index (χ4v) is 3.36. The average Bonchev–Trinajstić information content (AvgIpc) is 2.84. The molecule has 7 heteroatoms. The molecule has 3 amide bonds. The second-order valence-corrected chi connectivity index (χ2v) is 7.65. The van der Waals surface area contributed by atoms with Crippen LogP contribution in [0.15, 0.2) is 24.3 Å². The zero-order chi connectivity index (χ0) is 20.0. The Labute approximate surface area is 161 Å². The smallest absolute Gasteiger partial charge is 0.317 e. The Balaban J connectivity index is 2.01. The fourth-order valence-electron chi connectivity index (χ4n) is 3.36. The molecule has 1 aromatic carbocycles. The van der Waals surface area contributed by atoms with Gasteiger partial charge in [0.25, 0.3) is 0 Å². The Morgan fingerprint density at radius 1 is 1.22 bits per heavy atom. The van der Waals surface area contributed by atoms with E-state index in [4.69, 9.17) is 0 Å². The van der Waals surface area contributed by atoms with E-state index < -0.39 is 0 Å². The van der Waals surface area contributed by atoms with Gasteiger partial charge >= 0.3 is 6.03 Å². The largest absolute Gasteiger partial charge is 0.340 e. The Kier molecular flexibility index (Phi) is 7.59. The van der Waals surface area contributed by atoms with Gasteiger partial charge in [0.15, 0.2) is 0 Å². The predicted octanol–water partition coefficient (Wildman–Crippen LogP) is 2.16. The van der Waals surface area contributed by atoms with Crippen molar-refractivity contribution in [3.8, 4) is 0 Å². The van der Waals surface area contributed by atoms with Crippen molar-refractivity contribution in [3.05, 3.63) is 35.6 Å². The number of amides is 3. The van der Waals surface area contributed by atoms with E-state index in [2.05, 4.69) is 24.1 Å². The number of carbonyl (C=O) groups is 2. The third kappa shape index (κ3) is 6.20. The summed E-state index contributed by atoms with van der Waals surface area (Å²) in [5.41, 5.74) is 1.07. The number of nitrogens with zero attached hydrogens (tertiary/aromatic N) is 3. The van der Waals surface area contributed by atoms with Crippen molar-refractivity contribution in [1.82, 2.24) is 20.0 Å². The Hall–Kier alpha value is -2.15. The number of hydrogen-bond donors (Lipinski definition) is 1. The summed E-state index contributed by atoms with van der Waals surface area (Å²) >= 11 is 0. The number of nitrogens with one attached hydrogen (secondary N) is 1. The first kappa shape index (κ1) is 21.2. The topological polar surface area (TPSA) is 55.9 Å². The van der Waals surface area contributed by atoms with Gasteiger partial charge in [0.05, 0.1) is 6.54 Å². The van der Waals surface area contributed by atoms with Crippen LogP contribution in [0.2, 0.25) is 0 Å². The van der Waals surface area contributed by atoms with Crippen LogP contribution < -0.4 is 5.32 Å². The zero-order valence-corrected chi connectivity index (χ0v) is 16.7. The molecule has 27 heavy (non-hydrogen) atoms. The van der Waals surface area contributed by atoms with E-state index in [-0.39, 0.29) is 30.3 Å². The molecule has 1 saturated heterocycles. The molecule has 1 aliphatic rings. The summed E-state index contributed by atoms with van der Waals surface area (Å²) in [6, 6.07) is 6.55. The summed E-state index contributed by atoms with van der Waals surface area (Å²) in [6.45, 7) is 7.26. The maximum atomic E-state index is 13.2. The van der Waals surface area contributed by atoms with E-state index in [0.29, 0.717) is 19.0 Å². The van der Waals surface area contributed by atoms with Gasteiger partial charge in [-0.05, 0) is 30.0 Å². The van der Waals surface area contributed by atoms with Crippen LogP contribution in [0.5, 0.6) is 0 Å². The Bertz CT molecular complexity index is 633. The van der Waals surface area contributed by atoms with Gasteiger partial charge in [0, 0.05) is 46.3 Å². The molecule has 2 rings (SSSR count). The number of benzene rings is 1. The number of carbonyl (C=O) groups excluding carboxylic acids is 2. The zero-order valence-electron chi connectivity index (χ0n) is 16.7. The molecule has 1 unspecified atom stereocenters. The molecule has 150 valence electrons. The molecule has 1 aliphatic heterocycles. The highest BCUT2D eigenvalue weighted by Crippen LogP contribution is 2.20. The van der Waals surface area contributed by atoms with Crippen molar-refractivity contribution in [3.63, 3.8) is 0 Å². The number of urea groups is 1. The van der Waals surface area contributed by atoms with Gasteiger partial charge in [0.1, 0.15) is 5.82 Å². The summed E-state index contributed by atoms with van der Waals surface area (Å²) in [5.74, 6) is 0.0845. The second kappa shape index (κ2) is 9.69. The minimum absolute atomic E-state index is 0.0137. The normalized spacial score (nSPS) is 18.3. The molecular formula is C20H31FN4O2. The molecule has 6 nitrogen and oxygen atoms in total. The van der Waals surface area contributed by atoms with Gasteiger partial charge in [-0.3, -0.25) is 9.69 Å². The van der Waals surface area contributed by atoms with Crippen molar-refractivity contribution < 1.29 is 14.0 Å². The van der Waals surface area contributed by atoms with Crippen LogP contribution in [0.4, 0.5) is 9.18 Å².